The Bertz CT molecular complexity index is 343. The largest absolute Gasteiger partial charge is 0.0798 e. The Morgan fingerprint density at radius 1 is 1.25 bits per heavy atom. The minimum Gasteiger partial charge on any atom is -0.0798 e. The van der Waals surface area contributed by atoms with Crippen LogP contribution >= 0.6 is 0 Å². The summed E-state index contributed by atoms with van der Waals surface area (Å²) >= 11 is 0. The Balaban J connectivity index is 3.12. The van der Waals surface area contributed by atoms with Gasteiger partial charge in [-0.15, -0.1) is 0 Å². The van der Waals surface area contributed by atoms with E-state index >= 15 is 0 Å². The molecule has 1 rings (SSSR count). The number of rotatable bonds is 3. The van der Waals surface area contributed by atoms with Crippen molar-refractivity contribution in [2.45, 2.75) is 60.8 Å². The van der Waals surface area contributed by atoms with Crippen molar-refractivity contribution in [3.63, 3.8) is 0 Å². The van der Waals surface area contributed by atoms with E-state index in [0.29, 0.717) is 0 Å². The van der Waals surface area contributed by atoms with Crippen LogP contribution in [0.4, 0.5) is 0 Å². The molecule has 0 N–H and O–H groups in total. The SMILES string of the molecule is C/C=C1\C(C)=CC(C(C)(C)C)=C1CCCC. The van der Waals surface area contributed by atoms with Crippen molar-refractivity contribution in [1.82, 2.24) is 0 Å². The van der Waals surface area contributed by atoms with Crippen LogP contribution in [0.2, 0.25) is 0 Å². The fourth-order valence-electron chi connectivity index (χ4n) is 2.46. The van der Waals surface area contributed by atoms with E-state index in [-0.39, 0.29) is 5.41 Å². The monoisotopic (exact) mass is 218 g/mol. The van der Waals surface area contributed by atoms with Crippen LogP contribution in [0.5, 0.6) is 0 Å². The van der Waals surface area contributed by atoms with Crippen molar-refractivity contribution in [2.75, 3.05) is 0 Å². The lowest BCUT2D eigenvalue weighted by Gasteiger charge is -2.22. The second-order valence-corrected chi connectivity index (χ2v) is 5.78. The topological polar surface area (TPSA) is 0 Å². The zero-order chi connectivity index (χ0) is 12.3. The summed E-state index contributed by atoms with van der Waals surface area (Å²) in [4.78, 5) is 0. The Hall–Kier alpha value is -0.780. The van der Waals surface area contributed by atoms with Gasteiger partial charge in [-0.05, 0) is 54.4 Å². The van der Waals surface area contributed by atoms with Crippen molar-refractivity contribution >= 4 is 0 Å². The third-order valence-corrected chi connectivity index (χ3v) is 3.31. The Labute approximate surface area is 101 Å². The highest BCUT2D eigenvalue weighted by molar-refractivity contribution is 5.59. The maximum Gasteiger partial charge on any atom is -0.0129 e. The van der Waals surface area contributed by atoms with Crippen LogP contribution in [0.3, 0.4) is 0 Å². The van der Waals surface area contributed by atoms with Gasteiger partial charge in [0.1, 0.15) is 0 Å². The summed E-state index contributed by atoms with van der Waals surface area (Å²) in [6.45, 7) is 13.6. The Kier molecular flexibility index (Phi) is 4.18. The maximum absolute atomic E-state index is 2.39. The molecular weight excluding hydrogens is 192 g/mol. The molecule has 0 amide bonds. The first kappa shape index (κ1) is 13.3. The first-order valence-electron chi connectivity index (χ1n) is 6.50. The molecule has 0 nitrogen and oxygen atoms in total. The van der Waals surface area contributed by atoms with Crippen LogP contribution < -0.4 is 0 Å². The van der Waals surface area contributed by atoms with Crippen LogP contribution in [-0.4, -0.2) is 0 Å². The van der Waals surface area contributed by atoms with Crippen LogP contribution in [-0.2, 0) is 0 Å². The van der Waals surface area contributed by atoms with Gasteiger partial charge in [-0.1, -0.05) is 46.3 Å². The van der Waals surface area contributed by atoms with E-state index in [1.54, 1.807) is 11.1 Å². The lowest BCUT2D eigenvalue weighted by atomic mass is 9.83. The first-order valence-corrected chi connectivity index (χ1v) is 6.50. The van der Waals surface area contributed by atoms with E-state index in [0.717, 1.165) is 0 Å². The van der Waals surface area contributed by atoms with Crippen molar-refractivity contribution in [1.29, 1.82) is 0 Å². The fourth-order valence-corrected chi connectivity index (χ4v) is 2.46. The fraction of sp³-hybridized carbons (Fsp3) is 0.625. The first-order chi connectivity index (χ1) is 7.41. The lowest BCUT2D eigenvalue weighted by Crippen LogP contribution is -2.09. The number of hydrogen-bond acceptors (Lipinski definition) is 0. The highest BCUT2D eigenvalue weighted by atomic mass is 14.3. The minimum absolute atomic E-state index is 0.273. The molecule has 0 radical (unpaired) electrons. The molecule has 0 aliphatic heterocycles. The summed E-state index contributed by atoms with van der Waals surface area (Å²) in [6, 6.07) is 0. The molecule has 0 fully saturated rings. The highest BCUT2D eigenvalue weighted by Crippen LogP contribution is 2.42. The number of unbranched alkanes of at least 4 members (excludes halogenated alkanes) is 1. The molecule has 0 atom stereocenters. The predicted octanol–water partition coefficient (Wildman–Crippen LogP) is 5.43. The van der Waals surface area contributed by atoms with E-state index in [4.69, 9.17) is 0 Å². The molecule has 0 aromatic heterocycles. The van der Waals surface area contributed by atoms with Gasteiger partial charge in [-0.2, -0.15) is 0 Å². The van der Waals surface area contributed by atoms with Crippen molar-refractivity contribution in [3.05, 3.63) is 34.4 Å². The van der Waals surface area contributed by atoms with Gasteiger partial charge in [0.2, 0.25) is 0 Å². The summed E-state index contributed by atoms with van der Waals surface area (Å²) in [5.74, 6) is 0. The van der Waals surface area contributed by atoms with Gasteiger partial charge in [0.25, 0.3) is 0 Å². The molecule has 0 saturated heterocycles. The third-order valence-electron chi connectivity index (χ3n) is 3.31. The van der Waals surface area contributed by atoms with Crippen LogP contribution in [0.15, 0.2) is 34.4 Å². The third kappa shape index (κ3) is 2.66. The Morgan fingerprint density at radius 3 is 2.31 bits per heavy atom. The van der Waals surface area contributed by atoms with Gasteiger partial charge in [0.05, 0.1) is 0 Å². The molecule has 0 aromatic carbocycles. The number of allylic oxidation sites excluding steroid dienone is 6. The molecule has 16 heavy (non-hydrogen) atoms. The van der Waals surface area contributed by atoms with E-state index in [2.05, 4.69) is 53.7 Å². The summed E-state index contributed by atoms with van der Waals surface area (Å²) in [5, 5.41) is 0. The average Bonchev–Trinajstić information content (AvgIpc) is 2.51. The van der Waals surface area contributed by atoms with Gasteiger partial charge in [-0.3, -0.25) is 0 Å². The molecule has 0 aromatic rings. The van der Waals surface area contributed by atoms with Crippen molar-refractivity contribution in [3.8, 4) is 0 Å². The molecule has 90 valence electrons. The quantitative estimate of drug-likeness (QED) is 0.593. The average molecular weight is 218 g/mol. The highest BCUT2D eigenvalue weighted by Gasteiger charge is 2.26. The molecule has 0 spiro atoms. The predicted molar refractivity (Wildman–Crippen MR) is 73.5 cm³/mol. The van der Waals surface area contributed by atoms with E-state index in [1.807, 2.05) is 0 Å². The zero-order valence-electron chi connectivity index (χ0n) is 11.8. The van der Waals surface area contributed by atoms with Crippen LogP contribution in [0.25, 0.3) is 0 Å². The molecule has 1 aliphatic carbocycles. The van der Waals surface area contributed by atoms with E-state index in [9.17, 15) is 0 Å². The normalized spacial score (nSPS) is 19.6. The summed E-state index contributed by atoms with van der Waals surface area (Å²) in [7, 11) is 0. The van der Waals surface area contributed by atoms with Crippen molar-refractivity contribution < 1.29 is 0 Å². The molecule has 0 saturated carbocycles. The van der Waals surface area contributed by atoms with Crippen LogP contribution in [0.1, 0.15) is 60.8 Å². The van der Waals surface area contributed by atoms with Gasteiger partial charge < -0.3 is 0 Å². The van der Waals surface area contributed by atoms with E-state index < -0.39 is 0 Å². The lowest BCUT2D eigenvalue weighted by molar-refractivity contribution is 0.511. The summed E-state index contributed by atoms with van der Waals surface area (Å²) in [6.07, 6.45) is 8.47. The smallest absolute Gasteiger partial charge is 0.0129 e. The molecule has 0 bridgehead atoms. The zero-order valence-corrected chi connectivity index (χ0v) is 11.8. The van der Waals surface area contributed by atoms with Gasteiger partial charge in [0.15, 0.2) is 0 Å². The minimum atomic E-state index is 0.273. The molecular formula is C16H26. The number of hydrogen-bond donors (Lipinski definition) is 0. The second-order valence-electron chi connectivity index (χ2n) is 5.78. The Morgan fingerprint density at radius 2 is 1.88 bits per heavy atom. The molecule has 0 heterocycles. The molecule has 1 aliphatic rings. The van der Waals surface area contributed by atoms with Crippen molar-refractivity contribution in [2.24, 2.45) is 5.41 Å². The molecule has 0 heteroatoms. The summed E-state index contributed by atoms with van der Waals surface area (Å²) < 4.78 is 0. The van der Waals surface area contributed by atoms with Crippen LogP contribution in [0, 0.1) is 5.41 Å². The van der Waals surface area contributed by atoms with Gasteiger partial charge in [-0.25, -0.2) is 0 Å². The maximum atomic E-state index is 2.39. The molecule has 0 unspecified atom stereocenters. The second kappa shape index (κ2) is 5.03. The van der Waals surface area contributed by atoms with Gasteiger partial charge >= 0.3 is 0 Å². The standard InChI is InChI=1S/C16H26/c1-7-9-10-14-13(8-2)12(3)11-15(14)16(4,5)6/h8,11H,7,9-10H2,1-6H3/b13-8+. The summed E-state index contributed by atoms with van der Waals surface area (Å²) in [5.41, 5.74) is 6.34. The van der Waals surface area contributed by atoms with E-state index in [1.165, 1.54) is 30.4 Å². The van der Waals surface area contributed by atoms with Gasteiger partial charge in [0, 0.05) is 0 Å².